The highest BCUT2D eigenvalue weighted by molar-refractivity contribution is 7.89. The Bertz CT molecular complexity index is 1180. The van der Waals surface area contributed by atoms with Gasteiger partial charge in [-0.25, -0.2) is 13.1 Å². The third-order valence-electron chi connectivity index (χ3n) is 5.95. The van der Waals surface area contributed by atoms with Crippen molar-refractivity contribution in [3.63, 3.8) is 0 Å². The van der Waals surface area contributed by atoms with Gasteiger partial charge in [-0.3, -0.25) is 4.90 Å². The summed E-state index contributed by atoms with van der Waals surface area (Å²) < 4.78 is 34.2. The highest BCUT2D eigenvalue weighted by atomic mass is 35.5. The van der Waals surface area contributed by atoms with Crippen molar-refractivity contribution >= 4 is 21.6 Å². The van der Waals surface area contributed by atoms with E-state index in [4.69, 9.17) is 16.1 Å². The number of likely N-dealkylation sites (tertiary alicyclic amines) is 1. The number of nitrogens with zero attached hydrogens (tertiary/aromatic N) is 2. The first-order valence-corrected chi connectivity index (χ1v) is 12.7. The van der Waals surface area contributed by atoms with Crippen molar-refractivity contribution < 1.29 is 12.9 Å². The Morgan fingerprint density at radius 1 is 1.12 bits per heavy atom. The van der Waals surface area contributed by atoms with Crippen LogP contribution in [0.15, 0.2) is 57.9 Å². The minimum Gasteiger partial charge on any atom is -0.356 e. The molecular weight excluding hydrogens is 446 g/mol. The van der Waals surface area contributed by atoms with Crippen LogP contribution in [0.1, 0.15) is 29.7 Å². The predicted octanol–water partition coefficient (Wildman–Crippen LogP) is 4.80. The molecule has 1 aromatic heterocycles. The summed E-state index contributed by atoms with van der Waals surface area (Å²) in [5.74, 6) is 0.881. The Labute approximate surface area is 194 Å². The summed E-state index contributed by atoms with van der Waals surface area (Å²) >= 11 is 6.08. The molecule has 6 nitrogen and oxygen atoms in total. The molecule has 4 rings (SSSR count). The number of hydrogen-bond donors (Lipinski definition) is 1. The van der Waals surface area contributed by atoms with E-state index in [9.17, 15) is 8.42 Å². The van der Waals surface area contributed by atoms with Crippen LogP contribution in [0.5, 0.6) is 0 Å². The summed E-state index contributed by atoms with van der Waals surface area (Å²) in [6.07, 6.45) is 1.92. The SMILES string of the molecule is Cc1cc(-c2ccc(C)c(S(=O)(=O)NCC3CCN(Cc4cccc(Cl)c4)CC3)c2)on1. The van der Waals surface area contributed by atoms with Crippen molar-refractivity contribution in [2.45, 2.75) is 38.1 Å². The molecule has 0 radical (unpaired) electrons. The van der Waals surface area contributed by atoms with Gasteiger partial charge in [0, 0.05) is 29.7 Å². The van der Waals surface area contributed by atoms with Gasteiger partial charge in [0.25, 0.3) is 0 Å². The van der Waals surface area contributed by atoms with Crippen molar-refractivity contribution in [2.24, 2.45) is 5.92 Å². The maximum absolute atomic E-state index is 13.0. The molecule has 1 fully saturated rings. The second-order valence-electron chi connectivity index (χ2n) is 8.51. The summed E-state index contributed by atoms with van der Waals surface area (Å²) in [6.45, 7) is 6.83. The van der Waals surface area contributed by atoms with E-state index in [1.165, 1.54) is 5.56 Å². The number of aromatic nitrogens is 1. The van der Waals surface area contributed by atoms with Gasteiger partial charge in [-0.2, -0.15) is 0 Å². The van der Waals surface area contributed by atoms with Crippen molar-refractivity contribution in [1.29, 1.82) is 0 Å². The van der Waals surface area contributed by atoms with Crippen molar-refractivity contribution in [2.75, 3.05) is 19.6 Å². The molecule has 0 aliphatic carbocycles. The molecule has 0 atom stereocenters. The molecule has 3 aromatic rings. The Hall–Kier alpha value is -2.19. The fraction of sp³-hybridized carbons (Fsp3) is 0.375. The van der Waals surface area contributed by atoms with Gasteiger partial charge in [0.15, 0.2) is 5.76 Å². The van der Waals surface area contributed by atoms with Crippen LogP contribution >= 0.6 is 11.6 Å². The number of sulfonamides is 1. The Morgan fingerprint density at radius 3 is 2.59 bits per heavy atom. The van der Waals surface area contributed by atoms with E-state index in [2.05, 4.69) is 20.8 Å². The van der Waals surface area contributed by atoms with Crippen molar-refractivity contribution in [3.8, 4) is 11.3 Å². The fourth-order valence-corrected chi connectivity index (χ4v) is 5.69. The molecule has 1 N–H and O–H groups in total. The summed E-state index contributed by atoms with van der Waals surface area (Å²) in [6, 6.07) is 15.0. The standard InChI is InChI=1S/C24H28ClN3O3S/c1-17-6-7-21(23-12-18(2)27-31-23)14-24(17)32(29,30)26-15-19-8-10-28(11-9-19)16-20-4-3-5-22(25)13-20/h3-7,12-14,19,26H,8-11,15-16H2,1-2H3. The number of nitrogens with one attached hydrogen (secondary N) is 1. The number of halogens is 1. The van der Waals surface area contributed by atoms with Crippen LogP contribution in [-0.4, -0.2) is 38.1 Å². The smallest absolute Gasteiger partial charge is 0.240 e. The van der Waals surface area contributed by atoms with Gasteiger partial charge in [-0.05, 0) is 75.0 Å². The summed E-state index contributed by atoms with van der Waals surface area (Å²) in [5, 5.41) is 4.65. The monoisotopic (exact) mass is 473 g/mol. The highest BCUT2D eigenvalue weighted by Gasteiger charge is 2.23. The Balaban J connectivity index is 1.35. The molecule has 0 unspecified atom stereocenters. The average Bonchev–Trinajstić information content (AvgIpc) is 3.20. The molecule has 0 saturated carbocycles. The van der Waals surface area contributed by atoms with Crippen LogP contribution in [0.3, 0.4) is 0 Å². The summed E-state index contributed by atoms with van der Waals surface area (Å²) in [5.41, 5.74) is 3.36. The van der Waals surface area contributed by atoms with E-state index in [0.717, 1.165) is 43.2 Å². The van der Waals surface area contributed by atoms with E-state index in [0.29, 0.717) is 29.3 Å². The predicted molar refractivity (Wildman–Crippen MR) is 126 cm³/mol. The van der Waals surface area contributed by atoms with E-state index in [1.54, 1.807) is 25.1 Å². The van der Waals surface area contributed by atoms with Gasteiger partial charge in [0.2, 0.25) is 10.0 Å². The Kier molecular flexibility index (Phi) is 7.00. The zero-order chi connectivity index (χ0) is 22.7. The topological polar surface area (TPSA) is 75.4 Å². The Morgan fingerprint density at radius 2 is 1.91 bits per heavy atom. The van der Waals surface area contributed by atoms with Gasteiger partial charge in [0.1, 0.15) is 0 Å². The highest BCUT2D eigenvalue weighted by Crippen LogP contribution is 2.26. The first-order chi connectivity index (χ1) is 15.3. The average molecular weight is 474 g/mol. The number of aryl methyl sites for hydroxylation is 2. The second kappa shape index (κ2) is 9.75. The van der Waals surface area contributed by atoms with Crippen molar-refractivity contribution in [3.05, 3.63) is 70.4 Å². The lowest BCUT2D eigenvalue weighted by Crippen LogP contribution is -2.38. The normalized spacial score (nSPS) is 15.8. The third-order valence-corrected chi connectivity index (χ3v) is 7.76. The minimum absolute atomic E-state index is 0.280. The van der Waals surface area contributed by atoms with E-state index in [1.807, 2.05) is 31.2 Å². The van der Waals surface area contributed by atoms with Crippen LogP contribution in [0.2, 0.25) is 5.02 Å². The van der Waals surface area contributed by atoms with Crippen LogP contribution in [0.25, 0.3) is 11.3 Å². The lowest BCUT2D eigenvalue weighted by molar-refractivity contribution is 0.178. The molecule has 1 aliphatic rings. The maximum Gasteiger partial charge on any atom is 0.240 e. The van der Waals surface area contributed by atoms with Crippen LogP contribution in [0.4, 0.5) is 0 Å². The van der Waals surface area contributed by atoms with Crippen LogP contribution in [0, 0.1) is 19.8 Å². The van der Waals surface area contributed by atoms with Crippen molar-refractivity contribution in [1.82, 2.24) is 14.8 Å². The zero-order valence-corrected chi connectivity index (χ0v) is 19.9. The molecular formula is C24H28ClN3O3S. The van der Waals surface area contributed by atoms with E-state index in [-0.39, 0.29) is 4.90 Å². The number of hydrogen-bond acceptors (Lipinski definition) is 5. The number of piperidine rings is 1. The molecule has 1 saturated heterocycles. The van der Waals surface area contributed by atoms with Crippen LogP contribution < -0.4 is 4.72 Å². The quantitative estimate of drug-likeness (QED) is 0.533. The molecule has 0 amide bonds. The van der Waals surface area contributed by atoms with Gasteiger partial charge >= 0.3 is 0 Å². The summed E-state index contributed by atoms with van der Waals surface area (Å²) in [7, 11) is -3.62. The second-order valence-corrected chi connectivity index (χ2v) is 10.7. The fourth-order valence-electron chi connectivity index (χ4n) is 4.09. The zero-order valence-electron chi connectivity index (χ0n) is 18.3. The largest absolute Gasteiger partial charge is 0.356 e. The molecule has 2 heterocycles. The molecule has 0 bridgehead atoms. The van der Waals surface area contributed by atoms with Gasteiger partial charge in [-0.1, -0.05) is 41.0 Å². The van der Waals surface area contributed by atoms with Crippen LogP contribution in [-0.2, 0) is 16.6 Å². The van der Waals surface area contributed by atoms with E-state index < -0.39 is 10.0 Å². The minimum atomic E-state index is -3.62. The number of benzene rings is 2. The lowest BCUT2D eigenvalue weighted by Gasteiger charge is -2.32. The van der Waals surface area contributed by atoms with Gasteiger partial charge in [-0.15, -0.1) is 0 Å². The molecule has 0 spiro atoms. The molecule has 1 aliphatic heterocycles. The van der Waals surface area contributed by atoms with Gasteiger partial charge < -0.3 is 4.52 Å². The van der Waals surface area contributed by atoms with Gasteiger partial charge in [0.05, 0.1) is 10.6 Å². The first-order valence-electron chi connectivity index (χ1n) is 10.8. The maximum atomic E-state index is 13.0. The lowest BCUT2D eigenvalue weighted by atomic mass is 9.97. The van der Waals surface area contributed by atoms with E-state index >= 15 is 0 Å². The molecule has 2 aromatic carbocycles. The first kappa shape index (κ1) is 23.0. The summed E-state index contributed by atoms with van der Waals surface area (Å²) in [4.78, 5) is 2.67. The molecule has 170 valence electrons. The molecule has 8 heteroatoms. The number of rotatable bonds is 7. The molecule has 32 heavy (non-hydrogen) atoms. The third kappa shape index (κ3) is 5.59.